The molecule has 1 saturated carbocycles. The lowest BCUT2D eigenvalue weighted by Crippen LogP contribution is -2.07. The molecule has 0 spiro atoms. The maximum Gasteiger partial charge on any atom is -0.0149 e. The lowest BCUT2D eigenvalue weighted by Gasteiger charge is -2.25. The Balaban J connectivity index is 1.95. The van der Waals surface area contributed by atoms with Crippen LogP contribution in [0.5, 0.6) is 0 Å². The molecule has 2 aromatic carbocycles. The van der Waals surface area contributed by atoms with E-state index < -0.39 is 0 Å². The molecule has 0 radical (unpaired) electrons. The van der Waals surface area contributed by atoms with Crippen molar-refractivity contribution in [3.8, 4) is 0 Å². The summed E-state index contributed by atoms with van der Waals surface area (Å²) in [5, 5.41) is 2.83. The minimum Gasteiger partial charge on any atom is -0.0885 e. The van der Waals surface area contributed by atoms with Gasteiger partial charge < -0.3 is 0 Å². The Bertz CT molecular complexity index is 562. The van der Waals surface area contributed by atoms with Gasteiger partial charge in [0.2, 0.25) is 0 Å². The molecule has 1 aliphatic rings. The van der Waals surface area contributed by atoms with E-state index in [0.29, 0.717) is 0 Å². The van der Waals surface area contributed by atoms with Gasteiger partial charge in [-0.15, -0.1) is 0 Å². The van der Waals surface area contributed by atoms with E-state index in [1.165, 1.54) is 36.5 Å². The maximum atomic E-state index is 2.33. The molecule has 92 valence electrons. The van der Waals surface area contributed by atoms with Gasteiger partial charge in [0.25, 0.3) is 0 Å². The number of hydrogen-bond acceptors (Lipinski definition) is 0. The molecule has 18 heavy (non-hydrogen) atoms. The van der Waals surface area contributed by atoms with Crippen molar-refractivity contribution in [2.75, 3.05) is 0 Å². The predicted molar refractivity (Wildman–Crippen MR) is 78.9 cm³/mol. The van der Waals surface area contributed by atoms with E-state index >= 15 is 0 Å². The highest BCUT2D eigenvalue weighted by Gasteiger charge is 2.19. The first-order valence-corrected chi connectivity index (χ1v) is 7.00. The van der Waals surface area contributed by atoms with Gasteiger partial charge in [-0.25, -0.2) is 0 Å². The average Bonchev–Trinajstić information content (AvgIpc) is 2.47. The summed E-state index contributed by atoms with van der Waals surface area (Å²) in [7, 11) is 0. The summed E-state index contributed by atoms with van der Waals surface area (Å²) in [6.07, 6.45) is 7.50. The van der Waals surface area contributed by atoms with E-state index in [1.807, 2.05) is 0 Å². The van der Waals surface area contributed by atoms with E-state index in [-0.39, 0.29) is 0 Å². The van der Waals surface area contributed by atoms with Crippen molar-refractivity contribution in [2.45, 2.75) is 38.5 Å². The Labute approximate surface area is 109 Å². The van der Waals surface area contributed by atoms with Crippen LogP contribution < -0.4 is 0 Å². The molecule has 0 saturated heterocycles. The minimum absolute atomic E-state index is 0.750. The monoisotopic (exact) mass is 236 g/mol. The first-order chi connectivity index (χ1) is 8.88. The van der Waals surface area contributed by atoms with Crippen LogP contribution in [0.1, 0.15) is 44.1 Å². The van der Waals surface area contributed by atoms with E-state index in [2.05, 4.69) is 55.5 Å². The molecule has 0 heteroatoms. The molecule has 0 aromatic heterocycles. The van der Waals surface area contributed by atoms with Gasteiger partial charge in [0, 0.05) is 0 Å². The van der Waals surface area contributed by atoms with Crippen LogP contribution in [0, 0.1) is 0 Å². The summed E-state index contributed by atoms with van der Waals surface area (Å²) in [5.41, 5.74) is 3.20. The van der Waals surface area contributed by atoms with Crippen molar-refractivity contribution in [1.82, 2.24) is 0 Å². The first kappa shape index (κ1) is 11.5. The molecule has 0 nitrogen and oxygen atoms in total. The molecule has 0 unspecified atom stereocenters. The fraction of sp³-hybridized carbons (Fsp3) is 0.333. The van der Waals surface area contributed by atoms with Crippen molar-refractivity contribution >= 4 is 10.8 Å². The molecular formula is C18H20. The Kier molecular flexibility index (Phi) is 3.19. The van der Waals surface area contributed by atoms with Crippen LogP contribution in [-0.2, 0) is 0 Å². The fourth-order valence-electron chi connectivity index (χ4n) is 3.19. The van der Waals surface area contributed by atoms with Crippen LogP contribution >= 0.6 is 0 Å². The van der Waals surface area contributed by atoms with E-state index in [0.717, 1.165) is 5.92 Å². The molecule has 0 heterocycles. The van der Waals surface area contributed by atoms with E-state index in [9.17, 15) is 0 Å². The maximum absolute atomic E-state index is 2.33. The van der Waals surface area contributed by atoms with Crippen LogP contribution in [0.3, 0.4) is 0 Å². The number of allylic oxidation sites excluding steroid dienone is 2. The van der Waals surface area contributed by atoms with Crippen molar-refractivity contribution in [3.05, 3.63) is 59.7 Å². The van der Waals surface area contributed by atoms with Crippen LogP contribution in [0.15, 0.2) is 54.1 Å². The zero-order valence-corrected chi connectivity index (χ0v) is 11.0. The second-order valence-electron chi connectivity index (χ2n) is 5.29. The summed E-state index contributed by atoms with van der Waals surface area (Å²) < 4.78 is 0. The summed E-state index contributed by atoms with van der Waals surface area (Å²) in [5.74, 6) is 0.750. The van der Waals surface area contributed by atoms with Gasteiger partial charge in [-0.1, -0.05) is 54.1 Å². The van der Waals surface area contributed by atoms with Crippen LogP contribution in [0.4, 0.5) is 0 Å². The van der Waals surface area contributed by atoms with Crippen molar-refractivity contribution in [3.63, 3.8) is 0 Å². The Morgan fingerprint density at radius 3 is 2.44 bits per heavy atom. The first-order valence-electron chi connectivity index (χ1n) is 7.00. The molecule has 0 atom stereocenters. The zero-order valence-electron chi connectivity index (χ0n) is 11.0. The summed E-state index contributed by atoms with van der Waals surface area (Å²) in [4.78, 5) is 0. The number of hydrogen-bond donors (Lipinski definition) is 0. The Morgan fingerprint density at radius 2 is 1.67 bits per heavy atom. The normalized spacial score (nSPS) is 20.1. The van der Waals surface area contributed by atoms with Crippen LogP contribution in [-0.4, -0.2) is 0 Å². The molecule has 0 bridgehead atoms. The molecule has 0 amide bonds. The SMILES string of the molecule is CC=C1CCC(c2cccc3ccccc23)CC1. The molecule has 1 aliphatic carbocycles. The topological polar surface area (TPSA) is 0 Å². The quantitative estimate of drug-likeness (QED) is 0.578. The smallest absolute Gasteiger partial charge is 0.0149 e. The van der Waals surface area contributed by atoms with E-state index in [4.69, 9.17) is 0 Å². The van der Waals surface area contributed by atoms with Crippen LogP contribution in [0.2, 0.25) is 0 Å². The third-order valence-corrected chi connectivity index (χ3v) is 4.30. The van der Waals surface area contributed by atoms with Gasteiger partial charge in [0.1, 0.15) is 0 Å². The lowest BCUT2D eigenvalue weighted by atomic mass is 9.80. The standard InChI is InChI=1S/C18H20/c1-2-14-10-12-16(13-11-14)18-9-5-7-15-6-3-4-8-17(15)18/h2-9,16H,10-13H2,1H3. The van der Waals surface area contributed by atoms with Gasteiger partial charge in [0.05, 0.1) is 0 Å². The third-order valence-electron chi connectivity index (χ3n) is 4.30. The Morgan fingerprint density at radius 1 is 0.944 bits per heavy atom. The number of benzene rings is 2. The molecule has 0 N–H and O–H groups in total. The number of rotatable bonds is 1. The van der Waals surface area contributed by atoms with Crippen molar-refractivity contribution in [1.29, 1.82) is 0 Å². The highest BCUT2D eigenvalue weighted by molar-refractivity contribution is 5.86. The fourth-order valence-corrected chi connectivity index (χ4v) is 3.19. The van der Waals surface area contributed by atoms with Gasteiger partial charge in [0.15, 0.2) is 0 Å². The lowest BCUT2D eigenvalue weighted by molar-refractivity contribution is 0.519. The molecule has 1 fully saturated rings. The average molecular weight is 236 g/mol. The zero-order chi connectivity index (χ0) is 12.4. The minimum atomic E-state index is 0.750. The van der Waals surface area contributed by atoms with E-state index in [1.54, 1.807) is 11.1 Å². The largest absolute Gasteiger partial charge is 0.0885 e. The van der Waals surface area contributed by atoms with Crippen molar-refractivity contribution < 1.29 is 0 Å². The summed E-state index contributed by atoms with van der Waals surface area (Å²) in [6.45, 7) is 2.17. The van der Waals surface area contributed by atoms with Crippen LogP contribution in [0.25, 0.3) is 10.8 Å². The second-order valence-corrected chi connectivity index (χ2v) is 5.29. The van der Waals surface area contributed by atoms with Crippen molar-refractivity contribution in [2.24, 2.45) is 0 Å². The molecule has 0 aliphatic heterocycles. The molecular weight excluding hydrogens is 216 g/mol. The van der Waals surface area contributed by atoms with Gasteiger partial charge in [-0.2, -0.15) is 0 Å². The molecule has 3 rings (SSSR count). The predicted octanol–water partition coefficient (Wildman–Crippen LogP) is 5.44. The highest BCUT2D eigenvalue weighted by Crippen LogP contribution is 2.38. The molecule has 2 aromatic rings. The third kappa shape index (κ3) is 2.08. The summed E-state index contributed by atoms with van der Waals surface area (Å²) in [6, 6.07) is 15.5. The second kappa shape index (κ2) is 4.97. The Hall–Kier alpha value is -1.56. The highest BCUT2D eigenvalue weighted by atomic mass is 14.2. The van der Waals surface area contributed by atoms with Gasteiger partial charge >= 0.3 is 0 Å². The van der Waals surface area contributed by atoms with Gasteiger partial charge in [-0.3, -0.25) is 0 Å². The summed E-state index contributed by atoms with van der Waals surface area (Å²) >= 11 is 0. The van der Waals surface area contributed by atoms with Gasteiger partial charge in [-0.05, 0) is 54.9 Å². The number of fused-ring (bicyclic) bond motifs is 1.